The lowest BCUT2D eigenvalue weighted by Crippen LogP contribution is -2.25. The van der Waals surface area contributed by atoms with Crippen LogP contribution in [0.15, 0.2) is 24.4 Å². The highest BCUT2D eigenvalue weighted by Gasteiger charge is 2.17. The number of pyridine rings is 1. The van der Waals surface area contributed by atoms with Crippen molar-refractivity contribution in [1.82, 2.24) is 4.98 Å². The van der Waals surface area contributed by atoms with Crippen molar-refractivity contribution in [3.8, 4) is 0 Å². The van der Waals surface area contributed by atoms with Crippen molar-refractivity contribution in [2.45, 2.75) is 31.8 Å². The molecule has 2 rings (SSSR count). The predicted octanol–water partition coefficient (Wildman–Crippen LogP) is 2.08. The van der Waals surface area contributed by atoms with Crippen LogP contribution >= 0.6 is 0 Å². The Labute approximate surface area is 122 Å². The lowest BCUT2D eigenvalue weighted by atomic mass is 10.1. The van der Waals surface area contributed by atoms with E-state index in [0.29, 0.717) is 24.4 Å². The fourth-order valence-corrected chi connectivity index (χ4v) is 2.16. The second-order valence-electron chi connectivity index (χ2n) is 4.89. The summed E-state index contributed by atoms with van der Waals surface area (Å²) in [5, 5.41) is 11.3. The van der Waals surface area contributed by atoms with E-state index >= 15 is 0 Å². The van der Waals surface area contributed by atoms with E-state index < -0.39 is 5.97 Å². The van der Waals surface area contributed by atoms with Crippen molar-refractivity contribution < 1.29 is 19.4 Å². The molecule has 1 saturated heterocycles. The first-order valence-corrected chi connectivity index (χ1v) is 6.92. The molecule has 1 aromatic rings. The third kappa shape index (κ3) is 5.35. The minimum atomic E-state index is -1.02. The van der Waals surface area contributed by atoms with Crippen LogP contribution in [0.1, 0.15) is 31.2 Å². The summed E-state index contributed by atoms with van der Waals surface area (Å²) in [5.41, 5.74) is 0.664. The summed E-state index contributed by atoms with van der Waals surface area (Å²) in [4.78, 5) is 26.4. The van der Waals surface area contributed by atoms with Crippen molar-refractivity contribution >= 4 is 23.8 Å². The third-order valence-corrected chi connectivity index (χ3v) is 3.16. The topological polar surface area (TPSA) is 88.5 Å². The number of anilines is 1. The maximum Gasteiger partial charge on any atom is 0.328 e. The molecule has 1 unspecified atom stereocenters. The summed E-state index contributed by atoms with van der Waals surface area (Å²) in [6, 6.07) is 3.29. The lowest BCUT2D eigenvalue weighted by molar-refractivity contribution is -0.131. The number of carboxylic acid groups (broad SMARTS) is 1. The van der Waals surface area contributed by atoms with Crippen LogP contribution in [0.2, 0.25) is 0 Å². The number of nitrogens with zero attached hydrogens (tertiary/aromatic N) is 1. The van der Waals surface area contributed by atoms with E-state index in [-0.39, 0.29) is 12.0 Å². The first kappa shape index (κ1) is 15.2. The fourth-order valence-electron chi connectivity index (χ4n) is 2.16. The van der Waals surface area contributed by atoms with E-state index in [0.717, 1.165) is 25.3 Å². The molecular weight excluding hydrogens is 272 g/mol. The van der Waals surface area contributed by atoms with Gasteiger partial charge in [0.05, 0.1) is 12.5 Å². The van der Waals surface area contributed by atoms with Crippen molar-refractivity contribution in [3.05, 3.63) is 30.0 Å². The van der Waals surface area contributed by atoms with E-state index in [9.17, 15) is 9.59 Å². The van der Waals surface area contributed by atoms with Crippen LogP contribution in [0, 0.1) is 0 Å². The summed E-state index contributed by atoms with van der Waals surface area (Å²) in [6.07, 6.45) is 7.35. The Balaban J connectivity index is 1.90. The molecule has 0 spiro atoms. The number of hydrogen-bond acceptors (Lipinski definition) is 4. The van der Waals surface area contributed by atoms with Gasteiger partial charge in [0.2, 0.25) is 5.91 Å². The largest absolute Gasteiger partial charge is 0.478 e. The summed E-state index contributed by atoms with van der Waals surface area (Å²) in [7, 11) is 0. The van der Waals surface area contributed by atoms with Crippen molar-refractivity contribution in [1.29, 1.82) is 0 Å². The van der Waals surface area contributed by atoms with Gasteiger partial charge in [-0.3, -0.25) is 4.79 Å². The molecule has 0 aromatic carbocycles. The van der Waals surface area contributed by atoms with E-state index in [1.54, 1.807) is 12.1 Å². The number of rotatable bonds is 5. The molecule has 6 heteroatoms. The molecule has 0 saturated carbocycles. The molecule has 1 fully saturated rings. The smallest absolute Gasteiger partial charge is 0.328 e. The van der Waals surface area contributed by atoms with Gasteiger partial charge in [-0.15, -0.1) is 0 Å². The van der Waals surface area contributed by atoms with Crippen LogP contribution < -0.4 is 5.32 Å². The first-order valence-electron chi connectivity index (χ1n) is 6.92. The monoisotopic (exact) mass is 290 g/mol. The van der Waals surface area contributed by atoms with Gasteiger partial charge < -0.3 is 15.2 Å². The van der Waals surface area contributed by atoms with Crippen LogP contribution in [-0.4, -0.2) is 34.7 Å². The van der Waals surface area contributed by atoms with E-state index in [4.69, 9.17) is 9.84 Å². The molecule has 1 amide bonds. The maximum absolute atomic E-state index is 11.9. The second kappa shape index (κ2) is 7.54. The van der Waals surface area contributed by atoms with Crippen LogP contribution in [0.4, 0.5) is 5.82 Å². The molecule has 21 heavy (non-hydrogen) atoms. The zero-order valence-corrected chi connectivity index (χ0v) is 11.6. The number of carbonyl (C=O) groups excluding carboxylic acids is 1. The highest BCUT2D eigenvalue weighted by Crippen LogP contribution is 2.16. The Kier molecular flexibility index (Phi) is 5.45. The molecule has 1 atom stereocenters. The molecule has 0 bridgehead atoms. The van der Waals surface area contributed by atoms with Crippen molar-refractivity contribution in [2.75, 3.05) is 11.9 Å². The molecule has 1 aliphatic heterocycles. The lowest BCUT2D eigenvalue weighted by Gasteiger charge is -2.21. The molecular formula is C15H18N2O4. The van der Waals surface area contributed by atoms with Gasteiger partial charge in [-0.05, 0) is 43.0 Å². The van der Waals surface area contributed by atoms with Gasteiger partial charge in [0, 0.05) is 18.9 Å². The number of hydrogen-bond donors (Lipinski definition) is 2. The van der Waals surface area contributed by atoms with Gasteiger partial charge >= 0.3 is 5.97 Å². The minimum absolute atomic E-state index is 0.0196. The Bertz CT molecular complexity index is 536. The minimum Gasteiger partial charge on any atom is -0.478 e. The molecule has 2 heterocycles. The number of amides is 1. The molecule has 6 nitrogen and oxygen atoms in total. The van der Waals surface area contributed by atoms with Gasteiger partial charge in [-0.25, -0.2) is 9.78 Å². The van der Waals surface area contributed by atoms with Gasteiger partial charge in [0.1, 0.15) is 5.82 Å². The first-order chi connectivity index (χ1) is 10.1. The van der Waals surface area contributed by atoms with Gasteiger partial charge in [0.25, 0.3) is 0 Å². The Morgan fingerprint density at radius 2 is 2.33 bits per heavy atom. The normalized spacial score (nSPS) is 18.6. The zero-order valence-electron chi connectivity index (χ0n) is 11.6. The zero-order chi connectivity index (χ0) is 15.1. The van der Waals surface area contributed by atoms with Crippen LogP contribution in [0.3, 0.4) is 0 Å². The number of carboxylic acids is 1. The number of carbonyl (C=O) groups is 2. The van der Waals surface area contributed by atoms with Gasteiger partial charge in [-0.1, -0.05) is 0 Å². The summed E-state index contributed by atoms with van der Waals surface area (Å²) >= 11 is 0. The predicted molar refractivity (Wildman–Crippen MR) is 77.7 cm³/mol. The number of ether oxygens (including phenoxy) is 1. The highest BCUT2D eigenvalue weighted by molar-refractivity contribution is 5.90. The molecule has 112 valence electrons. The van der Waals surface area contributed by atoms with E-state index in [1.165, 1.54) is 12.3 Å². The second-order valence-corrected chi connectivity index (χ2v) is 4.89. The van der Waals surface area contributed by atoms with Crippen molar-refractivity contribution in [2.24, 2.45) is 0 Å². The van der Waals surface area contributed by atoms with Crippen LogP contribution in [0.25, 0.3) is 6.08 Å². The molecule has 0 radical (unpaired) electrons. The highest BCUT2D eigenvalue weighted by atomic mass is 16.5. The van der Waals surface area contributed by atoms with Gasteiger partial charge in [0.15, 0.2) is 0 Å². The molecule has 1 aromatic heterocycles. The Hall–Kier alpha value is -2.21. The van der Waals surface area contributed by atoms with Crippen LogP contribution in [0.5, 0.6) is 0 Å². The summed E-state index contributed by atoms with van der Waals surface area (Å²) < 4.78 is 5.52. The number of aromatic nitrogens is 1. The average Bonchev–Trinajstić information content (AvgIpc) is 2.46. The Morgan fingerprint density at radius 1 is 1.48 bits per heavy atom. The molecule has 2 N–H and O–H groups in total. The summed E-state index contributed by atoms with van der Waals surface area (Å²) in [5.74, 6) is -0.760. The average molecular weight is 290 g/mol. The SMILES string of the molecule is O=C(O)/C=C/c1ccnc(NC(=O)CC2CCCCO2)c1. The number of nitrogens with one attached hydrogen (secondary N) is 1. The van der Waals surface area contributed by atoms with Crippen molar-refractivity contribution in [3.63, 3.8) is 0 Å². The quantitative estimate of drug-likeness (QED) is 0.810. The Morgan fingerprint density at radius 3 is 3.05 bits per heavy atom. The molecule has 1 aliphatic rings. The maximum atomic E-state index is 11.9. The number of aliphatic carboxylic acids is 1. The van der Waals surface area contributed by atoms with E-state index in [2.05, 4.69) is 10.3 Å². The summed E-state index contributed by atoms with van der Waals surface area (Å²) in [6.45, 7) is 0.714. The third-order valence-electron chi connectivity index (χ3n) is 3.16. The standard InChI is InChI=1S/C15H18N2O4/c18-14(10-12-3-1-2-8-21-12)17-13-9-11(6-7-16-13)4-5-15(19)20/h4-7,9,12H,1-3,8,10H2,(H,19,20)(H,16,17,18)/b5-4+. The fraction of sp³-hybridized carbons (Fsp3) is 0.400. The molecule has 0 aliphatic carbocycles. The van der Waals surface area contributed by atoms with E-state index in [1.807, 2.05) is 0 Å². The van der Waals surface area contributed by atoms with Crippen LogP contribution in [-0.2, 0) is 14.3 Å². The van der Waals surface area contributed by atoms with Gasteiger partial charge in [-0.2, -0.15) is 0 Å².